The van der Waals surface area contributed by atoms with Gasteiger partial charge in [0.05, 0.1) is 15.4 Å². The summed E-state index contributed by atoms with van der Waals surface area (Å²) in [4.78, 5) is 37.2. The Bertz CT molecular complexity index is 664. The lowest BCUT2D eigenvalue weighted by Gasteiger charge is -2.35. The quantitative estimate of drug-likeness (QED) is 0.332. The van der Waals surface area contributed by atoms with Crippen molar-refractivity contribution in [2.24, 2.45) is 0 Å². The van der Waals surface area contributed by atoms with E-state index in [-0.39, 0.29) is 29.8 Å². The van der Waals surface area contributed by atoms with Gasteiger partial charge in [-0.15, -0.1) is 11.8 Å². The number of hydrogen-bond donors (Lipinski definition) is 0. The number of hydrogen-bond acceptors (Lipinski definition) is 6. The van der Waals surface area contributed by atoms with Crippen LogP contribution < -0.4 is 0 Å². The van der Waals surface area contributed by atoms with Crippen LogP contribution in [0.5, 0.6) is 0 Å². The van der Waals surface area contributed by atoms with Crippen molar-refractivity contribution in [1.82, 2.24) is 4.90 Å². The average Bonchev–Trinajstić information content (AvgIpc) is 2.65. The van der Waals surface area contributed by atoms with Crippen molar-refractivity contribution < 1.29 is 19.2 Å². The number of benzene rings is 1. The molecule has 2 rings (SSSR count). The number of nitrogens with zero attached hydrogens (tertiary/aromatic N) is 2. The molecule has 1 aromatic rings. The zero-order chi connectivity index (χ0) is 18.4. The number of rotatable bonds is 6. The maximum Gasteiger partial charge on any atom is 0.338 e. The first-order chi connectivity index (χ1) is 12.0. The van der Waals surface area contributed by atoms with Crippen molar-refractivity contribution in [2.45, 2.75) is 43.5 Å². The zero-order valence-corrected chi connectivity index (χ0v) is 15.2. The summed E-state index contributed by atoms with van der Waals surface area (Å²) in [6, 6.07) is 4.37. The number of carbonyl (C=O) groups excluding carboxylic acids is 2. The van der Waals surface area contributed by atoms with Crippen LogP contribution in [0.2, 0.25) is 0 Å². The molecule has 1 aliphatic heterocycles. The van der Waals surface area contributed by atoms with Crippen molar-refractivity contribution in [1.29, 1.82) is 0 Å². The molecule has 136 valence electrons. The van der Waals surface area contributed by atoms with Gasteiger partial charge in [-0.3, -0.25) is 14.9 Å². The van der Waals surface area contributed by atoms with E-state index in [1.807, 2.05) is 6.92 Å². The van der Waals surface area contributed by atoms with Gasteiger partial charge in [0.15, 0.2) is 6.61 Å². The highest BCUT2D eigenvalue weighted by atomic mass is 32.2. The number of amides is 1. The molecule has 0 aliphatic carbocycles. The van der Waals surface area contributed by atoms with Gasteiger partial charge in [-0.05, 0) is 44.1 Å². The van der Waals surface area contributed by atoms with Crippen LogP contribution in [0.4, 0.5) is 5.69 Å². The summed E-state index contributed by atoms with van der Waals surface area (Å²) in [5, 5.41) is 11.1. The number of nitro groups is 1. The highest BCUT2D eigenvalue weighted by molar-refractivity contribution is 7.98. The highest BCUT2D eigenvalue weighted by Crippen LogP contribution is 2.28. The smallest absolute Gasteiger partial charge is 0.338 e. The first-order valence-corrected chi connectivity index (χ1v) is 9.49. The lowest BCUT2D eigenvalue weighted by molar-refractivity contribution is -0.387. The minimum Gasteiger partial charge on any atom is -0.452 e. The molecule has 1 saturated heterocycles. The number of thioether (sulfide) groups is 1. The van der Waals surface area contributed by atoms with Crippen LogP contribution in [-0.4, -0.2) is 47.1 Å². The fraction of sp³-hybridized carbons (Fsp3) is 0.529. The minimum absolute atomic E-state index is 0.0722. The van der Waals surface area contributed by atoms with Gasteiger partial charge in [0.25, 0.3) is 11.6 Å². The maximum atomic E-state index is 12.3. The normalized spacial score (nSPS) is 17.2. The van der Waals surface area contributed by atoms with Crippen molar-refractivity contribution in [3.8, 4) is 0 Å². The third-order valence-electron chi connectivity index (χ3n) is 4.36. The summed E-state index contributed by atoms with van der Waals surface area (Å²) in [6.07, 6.45) is 5.63. The van der Waals surface area contributed by atoms with Gasteiger partial charge in [0, 0.05) is 18.7 Å². The minimum atomic E-state index is -0.728. The van der Waals surface area contributed by atoms with Gasteiger partial charge in [-0.2, -0.15) is 0 Å². The summed E-state index contributed by atoms with van der Waals surface area (Å²) in [5.41, 5.74) is -0.0710. The maximum absolute atomic E-state index is 12.3. The Hall–Kier alpha value is -2.09. The molecule has 1 atom stereocenters. The Morgan fingerprint density at radius 3 is 2.80 bits per heavy atom. The second-order valence-electron chi connectivity index (χ2n) is 5.86. The predicted molar refractivity (Wildman–Crippen MR) is 94.8 cm³/mol. The molecule has 0 N–H and O–H groups in total. The molecule has 0 bridgehead atoms. The van der Waals surface area contributed by atoms with Crippen molar-refractivity contribution >= 4 is 29.3 Å². The molecule has 8 heteroatoms. The Kier molecular flexibility index (Phi) is 6.81. The highest BCUT2D eigenvalue weighted by Gasteiger charge is 2.26. The van der Waals surface area contributed by atoms with Crippen LogP contribution in [0.3, 0.4) is 0 Å². The standard InChI is InChI=1S/C17H22N2O5S/c1-3-13-6-4-5-9-18(13)16(20)11-24-17(21)12-7-8-15(25-2)14(10-12)19(22)23/h7-8,10,13H,3-6,9,11H2,1-2H3/t13-/m1/s1. The molecule has 1 fully saturated rings. The monoisotopic (exact) mass is 366 g/mol. The van der Waals surface area contributed by atoms with E-state index in [1.165, 1.54) is 30.0 Å². The number of carbonyl (C=O) groups is 2. The van der Waals surface area contributed by atoms with Gasteiger partial charge < -0.3 is 9.64 Å². The van der Waals surface area contributed by atoms with E-state index in [9.17, 15) is 19.7 Å². The van der Waals surface area contributed by atoms with Crippen LogP contribution in [0, 0.1) is 10.1 Å². The van der Waals surface area contributed by atoms with E-state index in [0.29, 0.717) is 11.4 Å². The lowest BCUT2D eigenvalue weighted by Crippen LogP contribution is -2.45. The van der Waals surface area contributed by atoms with Crippen molar-refractivity contribution in [2.75, 3.05) is 19.4 Å². The van der Waals surface area contributed by atoms with E-state index in [4.69, 9.17) is 4.74 Å². The summed E-state index contributed by atoms with van der Waals surface area (Å²) in [6.45, 7) is 2.38. The summed E-state index contributed by atoms with van der Waals surface area (Å²) >= 11 is 1.23. The second kappa shape index (κ2) is 8.84. The van der Waals surface area contributed by atoms with Gasteiger partial charge in [-0.1, -0.05) is 6.92 Å². The van der Waals surface area contributed by atoms with Gasteiger partial charge in [0.2, 0.25) is 0 Å². The Morgan fingerprint density at radius 1 is 1.40 bits per heavy atom. The van der Waals surface area contributed by atoms with E-state index in [1.54, 1.807) is 11.2 Å². The van der Waals surface area contributed by atoms with Crippen LogP contribution >= 0.6 is 11.8 Å². The lowest BCUT2D eigenvalue weighted by atomic mass is 10.00. The molecule has 0 aromatic heterocycles. The molecule has 0 radical (unpaired) electrons. The van der Waals surface area contributed by atoms with Gasteiger partial charge >= 0.3 is 5.97 Å². The average molecular weight is 366 g/mol. The summed E-state index contributed by atoms with van der Waals surface area (Å²) < 4.78 is 5.08. The molecule has 1 aromatic carbocycles. The fourth-order valence-corrected chi connectivity index (χ4v) is 3.55. The predicted octanol–water partition coefficient (Wildman–Crippen LogP) is 3.26. The van der Waals surface area contributed by atoms with E-state index in [2.05, 4.69) is 0 Å². The van der Waals surface area contributed by atoms with E-state index >= 15 is 0 Å². The Morgan fingerprint density at radius 2 is 2.16 bits per heavy atom. The third-order valence-corrected chi connectivity index (χ3v) is 5.14. The Balaban J connectivity index is 2.01. The third kappa shape index (κ3) is 4.72. The summed E-state index contributed by atoms with van der Waals surface area (Å²) in [7, 11) is 0. The second-order valence-corrected chi connectivity index (χ2v) is 6.71. The Labute approximate surface area is 150 Å². The fourth-order valence-electron chi connectivity index (χ4n) is 3.01. The topological polar surface area (TPSA) is 89.8 Å². The van der Waals surface area contributed by atoms with Gasteiger partial charge in [-0.25, -0.2) is 4.79 Å². The van der Waals surface area contributed by atoms with Crippen LogP contribution in [0.15, 0.2) is 23.1 Å². The molecule has 1 heterocycles. The molecule has 1 amide bonds. The molecule has 0 spiro atoms. The molecule has 0 unspecified atom stereocenters. The largest absolute Gasteiger partial charge is 0.452 e. The first-order valence-electron chi connectivity index (χ1n) is 8.27. The first kappa shape index (κ1) is 19.2. The van der Waals surface area contributed by atoms with E-state index < -0.39 is 10.9 Å². The number of piperidine rings is 1. The molecule has 7 nitrogen and oxygen atoms in total. The summed E-state index contributed by atoms with van der Waals surface area (Å²) in [5.74, 6) is -0.940. The number of nitro benzene ring substituents is 1. The number of esters is 1. The molecular weight excluding hydrogens is 344 g/mol. The van der Waals surface area contributed by atoms with E-state index in [0.717, 1.165) is 25.7 Å². The van der Waals surface area contributed by atoms with Crippen LogP contribution in [0.25, 0.3) is 0 Å². The van der Waals surface area contributed by atoms with Crippen LogP contribution in [0.1, 0.15) is 43.0 Å². The molecule has 1 aliphatic rings. The number of likely N-dealkylation sites (tertiary alicyclic amines) is 1. The SMILES string of the molecule is CC[C@@H]1CCCCN1C(=O)COC(=O)c1ccc(SC)c([N+](=O)[O-])c1. The molecule has 25 heavy (non-hydrogen) atoms. The number of ether oxygens (including phenoxy) is 1. The zero-order valence-electron chi connectivity index (χ0n) is 14.4. The van der Waals surface area contributed by atoms with Gasteiger partial charge in [0.1, 0.15) is 0 Å². The van der Waals surface area contributed by atoms with Crippen molar-refractivity contribution in [3.63, 3.8) is 0 Å². The molecule has 0 saturated carbocycles. The van der Waals surface area contributed by atoms with Crippen LogP contribution in [-0.2, 0) is 9.53 Å². The van der Waals surface area contributed by atoms with Crippen molar-refractivity contribution in [3.05, 3.63) is 33.9 Å². The molecular formula is C17H22N2O5S.